The van der Waals surface area contributed by atoms with Crippen molar-refractivity contribution in [2.45, 2.75) is 38.0 Å². The zero-order chi connectivity index (χ0) is 16.5. The third kappa shape index (κ3) is 4.30. The third-order valence-electron chi connectivity index (χ3n) is 3.55. The average molecular weight is 336 g/mol. The van der Waals surface area contributed by atoms with E-state index in [9.17, 15) is 26.4 Å². The summed E-state index contributed by atoms with van der Waals surface area (Å²) in [5, 5.41) is 0. The Morgan fingerprint density at radius 1 is 1.32 bits per heavy atom. The van der Waals surface area contributed by atoms with Crippen LogP contribution in [0.3, 0.4) is 0 Å². The second kappa shape index (κ2) is 6.00. The van der Waals surface area contributed by atoms with Gasteiger partial charge in [-0.05, 0) is 29.5 Å². The van der Waals surface area contributed by atoms with Gasteiger partial charge in [-0.15, -0.1) is 0 Å². The van der Waals surface area contributed by atoms with E-state index >= 15 is 0 Å². The molecule has 0 aliphatic heterocycles. The molecule has 1 atom stereocenters. The summed E-state index contributed by atoms with van der Waals surface area (Å²) in [5.41, 5.74) is -0.630. The van der Waals surface area contributed by atoms with E-state index in [2.05, 4.69) is 4.18 Å². The summed E-state index contributed by atoms with van der Waals surface area (Å²) in [6.45, 7) is -0.453. The van der Waals surface area contributed by atoms with E-state index in [-0.39, 0.29) is 23.3 Å². The normalized spacial score (nSPS) is 19.6. The Balaban J connectivity index is 2.33. The van der Waals surface area contributed by atoms with Crippen LogP contribution in [0.2, 0.25) is 0 Å². The highest BCUT2D eigenvalue weighted by Crippen LogP contribution is 2.41. The van der Waals surface area contributed by atoms with Crippen LogP contribution in [0.15, 0.2) is 18.2 Å². The van der Waals surface area contributed by atoms with Crippen LogP contribution in [0.5, 0.6) is 0 Å². The molecule has 122 valence electrons. The first-order chi connectivity index (χ1) is 10.1. The summed E-state index contributed by atoms with van der Waals surface area (Å²) in [4.78, 5) is 11.3. The van der Waals surface area contributed by atoms with Crippen LogP contribution in [0.4, 0.5) is 13.2 Å². The van der Waals surface area contributed by atoms with Crippen LogP contribution < -0.4 is 0 Å². The van der Waals surface area contributed by atoms with Crippen molar-refractivity contribution in [1.29, 1.82) is 0 Å². The van der Waals surface area contributed by atoms with Crippen molar-refractivity contribution in [3.63, 3.8) is 0 Å². The van der Waals surface area contributed by atoms with E-state index in [1.54, 1.807) is 0 Å². The Labute approximate surface area is 126 Å². The molecule has 1 saturated carbocycles. The van der Waals surface area contributed by atoms with Gasteiger partial charge in [0.05, 0.1) is 18.4 Å². The van der Waals surface area contributed by atoms with Crippen LogP contribution in [0, 0.1) is 0 Å². The molecule has 1 unspecified atom stereocenters. The van der Waals surface area contributed by atoms with Gasteiger partial charge in [-0.2, -0.15) is 21.6 Å². The molecule has 1 aliphatic rings. The molecule has 1 fully saturated rings. The van der Waals surface area contributed by atoms with Crippen LogP contribution in [-0.4, -0.2) is 20.5 Å². The minimum Gasteiger partial charge on any atom is -0.300 e. The molecule has 22 heavy (non-hydrogen) atoms. The van der Waals surface area contributed by atoms with Crippen LogP contribution in [0.25, 0.3) is 0 Å². The summed E-state index contributed by atoms with van der Waals surface area (Å²) in [6.07, 6.45) is -2.93. The zero-order valence-electron chi connectivity index (χ0n) is 11.8. The predicted molar refractivity (Wildman–Crippen MR) is 72.7 cm³/mol. The fourth-order valence-corrected chi connectivity index (χ4v) is 2.90. The van der Waals surface area contributed by atoms with E-state index in [1.165, 1.54) is 12.1 Å². The number of benzene rings is 1. The lowest BCUT2D eigenvalue weighted by Gasteiger charge is -2.18. The summed E-state index contributed by atoms with van der Waals surface area (Å²) < 4.78 is 66.0. The van der Waals surface area contributed by atoms with Crippen molar-refractivity contribution in [2.75, 3.05) is 6.26 Å². The van der Waals surface area contributed by atoms with Gasteiger partial charge in [-0.1, -0.05) is 12.1 Å². The van der Waals surface area contributed by atoms with Crippen LogP contribution in [0.1, 0.15) is 41.9 Å². The summed E-state index contributed by atoms with van der Waals surface area (Å²) in [5.74, 6) is -0.475. The molecule has 0 aromatic heterocycles. The van der Waals surface area contributed by atoms with Crippen molar-refractivity contribution >= 4 is 15.9 Å². The standard InChI is InChI=1S/C14H15F3O4S/c1-22(19,20)21-8-9-2-5-12(10-3-4-11(18)7-10)13(6-9)14(15,16)17/h2,5-6,10H,3-4,7-8H2,1H3. The van der Waals surface area contributed by atoms with E-state index in [4.69, 9.17) is 0 Å². The minimum atomic E-state index is -4.57. The molecule has 4 nitrogen and oxygen atoms in total. The first kappa shape index (κ1) is 17.0. The lowest BCUT2D eigenvalue weighted by molar-refractivity contribution is -0.138. The molecule has 0 bridgehead atoms. The van der Waals surface area contributed by atoms with Gasteiger partial charge < -0.3 is 0 Å². The van der Waals surface area contributed by atoms with Crippen molar-refractivity contribution < 1.29 is 30.6 Å². The van der Waals surface area contributed by atoms with Gasteiger partial charge in [0.25, 0.3) is 10.1 Å². The first-order valence-electron chi connectivity index (χ1n) is 6.62. The lowest BCUT2D eigenvalue weighted by atomic mass is 9.91. The van der Waals surface area contributed by atoms with Crippen LogP contribution >= 0.6 is 0 Å². The monoisotopic (exact) mass is 336 g/mol. The minimum absolute atomic E-state index is 0.0392. The van der Waals surface area contributed by atoms with Crippen LogP contribution in [-0.2, 0) is 31.9 Å². The maximum Gasteiger partial charge on any atom is 0.416 e. The van der Waals surface area contributed by atoms with Gasteiger partial charge >= 0.3 is 6.18 Å². The maximum absolute atomic E-state index is 13.2. The maximum atomic E-state index is 13.2. The number of halogens is 3. The molecule has 2 rings (SSSR count). The largest absolute Gasteiger partial charge is 0.416 e. The summed E-state index contributed by atoms with van der Waals surface area (Å²) in [6, 6.07) is 3.61. The van der Waals surface area contributed by atoms with Crippen molar-refractivity contribution in [2.24, 2.45) is 0 Å². The third-order valence-corrected chi connectivity index (χ3v) is 4.09. The van der Waals surface area contributed by atoms with Crippen molar-refractivity contribution in [3.05, 3.63) is 34.9 Å². The molecule has 1 aromatic carbocycles. The van der Waals surface area contributed by atoms with Gasteiger partial charge in [-0.25, -0.2) is 0 Å². The number of carbonyl (C=O) groups is 1. The Kier molecular flexibility index (Phi) is 4.62. The second-order valence-corrected chi connectivity index (χ2v) is 7.01. The molecular formula is C14H15F3O4S. The van der Waals surface area contributed by atoms with Crippen molar-refractivity contribution in [1.82, 2.24) is 0 Å². The topological polar surface area (TPSA) is 60.4 Å². The van der Waals surface area contributed by atoms with E-state index in [0.29, 0.717) is 12.8 Å². The SMILES string of the molecule is CS(=O)(=O)OCc1ccc(C2CCC(=O)C2)c(C(F)(F)F)c1. The van der Waals surface area contributed by atoms with Gasteiger partial charge in [0, 0.05) is 12.8 Å². The molecule has 0 spiro atoms. The van der Waals surface area contributed by atoms with Gasteiger partial charge in [0.15, 0.2) is 0 Å². The molecule has 0 heterocycles. The zero-order valence-corrected chi connectivity index (χ0v) is 12.6. The van der Waals surface area contributed by atoms with Gasteiger partial charge in [-0.3, -0.25) is 8.98 Å². The number of rotatable bonds is 4. The predicted octanol–water partition coefficient (Wildman–Crippen LogP) is 3.02. The Morgan fingerprint density at radius 3 is 2.50 bits per heavy atom. The lowest BCUT2D eigenvalue weighted by Crippen LogP contribution is -2.13. The average Bonchev–Trinajstić information content (AvgIpc) is 2.81. The van der Waals surface area contributed by atoms with E-state index in [1.807, 2.05) is 0 Å². The fraction of sp³-hybridized carbons (Fsp3) is 0.500. The Hall–Kier alpha value is -1.41. The number of ketones is 1. The molecule has 1 aliphatic carbocycles. The molecule has 0 saturated heterocycles. The van der Waals surface area contributed by atoms with Gasteiger partial charge in [0.1, 0.15) is 5.78 Å². The highest BCUT2D eigenvalue weighted by atomic mass is 32.2. The molecule has 1 aromatic rings. The summed E-state index contributed by atoms with van der Waals surface area (Å²) in [7, 11) is -3.73. The van der Waals surface area contributed by atoms with E-state index in [0.717, 1.165) is 12.3 Å². The molecule has 8 heteroatoms. The Bertz CT molecular complexity index is 680. The molecular weight excluding hydrogens is 321 g/mol. The second-order valence-electron chi connectivity index (χ2n) is 5.36. The fourth-order valence-electron chi connectivity index (χ4n) is 2.55. The quantitative estimate of drug-likeness (QED) is 0.793. The highest BCUT2D eigenvalue weighted by Gasteiger charge is 2.37. The number of hydrogen-bond donors (Lipinski definition) is 0. The summed E-state index contributed by atoms with van der Waals surface area (Å²) >= 11 is 0. The number of alkyl halides is 3. The van der Waals surface area contributed by atoms with Crippen molar-refractivity contribution in [3.8, 4) is 0 Å². The van der Waals surface area contributed by atoms with E-state index < -0.39 is 34.4 Å². The smallest absolute Gasteiger partial charge is 0.300 e. The highest BCUT2D eigenvalue weighted by molar-refractivity contribution is 7.85. The first-order valence-corrected chi connectivity index (χ1v) is 8.44. The number of hydrogen-bond acceptors (Lipinski definition) is 4. The molecule has 0 N–H and O–H groups in total. The molecule has 0 amide bonds. The number of carbonyl (C=O) groups excluding carboxylic acids is 1. The van der Waals surface area contributed by atoms with Gasteiger partial charge in [0.2, 0.25) is 0 Å². The number of Topliss-reactive ketones (excluding diaryl/α,β-unsaturated/α-hetero) is 1. The Morgan fingerprint density at radius 2 is 2.00 bits per heavy atom. The molecule has 0 radical (unpaired) electrons.